The fraction of sp³-hybridized carbons (Fsp3) is 0.474. The predicted octanol–water partition coefficient (Wildman–Crippen LogP) is 3.70. The third kappa shape index (κ3) is 4.21. The number of carbonyl (C=O) groups is 2. The Morgan fingerprint density at radius 2 is 1.83 bits per heavy atom. The largest absolute Gasteiger partial charge is 0.459 e. The number of benzene rings is 1. The van der Waals surface area contributed by atoms with E-state index in [9.17, 15) is 9.59 Å². The number of carbonyl (C=O) groups excluding carboxylic acids is 2. The minimum atomic E-state index is -0.268. The van der Waals surface area contributed by atoms with Crippen LogP contribution in [0.4, 0.5) is 5.69 Å². The Morgan fingerprint density at radius 1 is 1.09 bits per heavy atom. The van der Waals surface area contributed by atoms with Gasteiger partial charge in [0.1, 0.15) is 6.10 Å². The minimum Gasteiger partial charge on any atom is -0.459 e. The second-order valence-corrected chi connectivity index (χ2v) is 6.27. The first-order valence-electron chi connectivity index (χ1n) is 8.51. The Hall–Kier alpha value is -2.10. The number of nitrogens with zero attached hydrogens (tertiary/aromatic N) is 1. The van der Waals surface area contributed by atoms with Crippen molar-refractivity contribution in [2.45, 2.75) is 51.0 Å². The molecule has 2 aliphatic rings. The SMILES string of the molecule is O=C(/C=C/c1ccc(N2CCCC2=O)cc1)OC1CCCCC1. The van der Waals surface area contributed by atoms with Gasteiger partial charge in [0.05, 0.1) is 0 Å². The van der Waals surface area contributed by atoms with Gasteiger partial charge in [0.15, 0.2) is 0 Å². The van der Waals surface area contributed by atoms with Crippen LogP contribution < -0.4 is 4.90 Å². The molecule has 0 spiro atoms. The molecule has 1 aliphatic carbocycles. The average Bonchev–Trinajstić information content (AvgIpc) is 3.00. The highest BCUT2D eigenvalue weighted by Crippen LogP contribution is 2.22. The van der Waals surface area contributed by atoms with Gasteiger partial charge in [-0.3, -0.25) is 4.79 Å². The summed E-state index contributed by atoms with van der Waals surface area (Å²) >= 11 is 0. The summed E-state index contributed by atoms with van der Waals surface area (Å²) in [6.45, 7) is 0.793. The summed E-state index contributed by atoms with van der Waals surface area (Å²) in [5.41, 5.74) is 1.86. The number of esters is 1. The van der Waals surface area contributed by atoms with Crippen LogP contribution in [-0.4, -0.2) is 24.5 Å². The van der Waals surface area contributed by atoms with Gasteiger partial charge in [-0.1, -0.05) is 18.6 Å². The maximum absolute atomic E-state index is 11.8. The smallest absolute Gasteiger partial charge is 0.331 e. The lowest BCUT2D eigenvalue weighted by molar-refractivity contribution is -0.144. The first kappa shape index (κ1) is 15.8. The molecule has 1 saturated carbocycles. The summed E-state index contributed by atoms with van der Waals surface area (Å²) in [6, 6.07) is 7.70. The van der Waals surface area contributed by atoms with Crippen molar-refractivity contribution >= 4 is 23.6 Å². The zero-order valence-electron chi connectivity index (χ0n) is 13.4. The first-order valence-corrected chi connectivity index (χ1v) is 8.51. The van der Waals surface area contributed by atoms with E-state index in [-0.39, 0.29) is 18.0 Å². The molecule has 122 valence electrons. The minimum absolute atomic E-state index is 0.0875. The lowest BCUT2D eigenvalue weighted by atomic mass is 9.98. The van der Waals surface area contributed by atoms with Gasteiger partial charge < -0.3 is 9.64 Å². The molecule has 1 aromatic carbocycles. The van der Waals surface area contributed by atoms with Crippen molar-refractivity contribution in [1.82, 2.24) is 0 Å². The average molecular weight is 313 g/mol. The summed E-state index contributed by atoms with van der Waals surface area (Å²) in [5.74, 6) is -0.0833. The fourth-order valence-electron chi connectivity index (χ4n) is 3.24. The number of amides is 1. The number of hydrogen-bond acceptors (Lipinski definition) is 3. The lowest BCUT2D eigenvalue weighted by Crippen LogP contribution is -2.23. The zero-order chi connectivity index (χ0) is 16.1. The molecule has 0 N–H and O–H groups in total. The van der Waals surface area contributed by atoms with Crippen molar-refractivity contribution in [3.63, 3.8) is 0 Å². The molecule has 0 unspecified atom stereocenters. The normalized spacial score (nSPS) is 19.5. The quantitative estimate of drug-likeness (QED) is 0.629. The molecular weight excluding hydrogens is 290 g/mol. The molecule has 1 amide bonds. The van der Waals surface area contributed by atoms with Gasteiger partial charge in [-0.2, -0.15) is 0 Å². The molecule has 0 atom stereocenters. The van der Waals surface area contributed by atoms with E-state index in [0.29, 0.717) is 6.42 Å². The van der Waals surface area contributed by atoms with Gasteiger partial charge in [-0.15, -0.1) is 0 Å². The Kier molecular flexibility index (Phi) is 5.11. The third-order valence-electron chi connectivity index (χ3n) is 4.53. The standard InChI is InChI=1S/C19H23NO3/c21-18-7-4-14-20(18)16-11-8-15(9-12-16)10-13-19(22)23-17-5-2-1-3-6-17/h8-13,17H,1-7,14H2/b13-10+. The van der Waals surface area contributed by atoms with Crippen LogP contribution in [0, 0.1) is 0 Å². The highest BCUT2D eigenvalue weighted by Gasteiger charge is 2.21. The van der Waals surface area contributed by atoms with Crippen LogP contribution in [0.1, 0.15) is 50.5 Å². The number of anilines is 1. The summed E-state index contributed by atoms with van der Waals surface area (Å²) in [4.78, 5) is 25.4. The van der Waals surface area contributed by atoms with Gasteiger partial charge in [-0.25, -0.2) is 4.79 Å². The van der Waals surface area contributed by atoms with E-state index in [1.165, 1.54) is 12.5 Å². The van der Waals surface area contributed by atoms with Gasteiger partial charge in [0, 0.05) is 24.7 Å². The van der Waals surface area contributed by atoms with Crippen LogP contribution in [0.25, 0.3) is 6.08 Å². The topological polar surface area (TPSA) is 46.6 Å². The van der Waals surface area contributed by atoms with Crippen LogP contribution in [0.15, 0.2) is 30.3 Å². The van der Waals surface area contributed by atoms with Crippen molar-refractivity contribution in [2.24, 2.45) is 0 Å². The second kappa shape index (κ2) is 7.44. The van der Waals surface area contributed by atoms with E-state index in [1.807, 2.05) is 29.2 Å². The van der Waals surface area contributed by atoms with E-state index in [2.05, 4.69) is 0 Å². The Labute approximate surface area is 137 Å². The molecule has 1 aromatic rings. The van der Waals surface area contributed by atoms with E-state index >= 15 is 0 Å². The predicted molar refractivity (Wildman–Crippen MR) is 90.0 cm³/mol. The highest BCUT2D eigenvalue weighted by molar-refractivity contribution is 5.95. The summed E-state index contributed by atoms with van der Waals surface area (Å²) in [5, 5.41) is 0. The molecule has 1 aliphatic heterocycles. The molecule has 0 aromatic heterocycles. The van der Waals surface area contributed by atoms with Crippen molar-refractivity contribution in [3.8, 4) is 0 Å². The van der Waals surface area contributed by atoms with Crippen LogP contribution in [0.5, 0.6) is 0 Å². The molecule has 0 bridgehead atoms. The van der Waals surface area contributed by atoms with Crippen molar-refractivity contribution in [2.75, 3.05) is 11.4 Å². The molecular formula is C19H23NO3. The second-order valence-electron chi connectivity index (χ2n) is 6.27. The fourth-order valence-corrected chi connectivity index (χ4v) is 3.24. The van der Waals surface area contributed by atoms with Crippen LogP contribution in [0.2, 0.25) is 0 Å². The molecule has 2 fully saturated rings. The van der Waals surface area contributed by atoms with Crippen molar-refractivity contribution in [3.05, 3.63) is 35.9 Å². The lowest BCUT2D eigenvalue weighted by Gasteiger charge is -2.20. The molecule has 23 heavy (non-hydrogen) atoms. The zero-order valence-corrected chi connectivity index (χ0v) is 13.4. The Morgan fingerprint density at radius 3 is 2.48 bits per heavy atom. The van der Waals surface area contributed by atoms with Crippen LogP contribution >= 0.6 is 0 Å². The number of ether oxygens (including phenoxy) is 1. The molecule has 4 heteroatoms. The van der Waals surface area contributed by atoms with Crippen molar-refractivity contribution in [1.29, 1.82) is 0 Å². The Balaban J connectivity index is 1.54. The van der Waals surface area contributed by atoms with Gasteiger partial charge in [-0.05, 0) is 55.9 Å². The molecule has 1 saturated heterocycles. The third-order valence-corrected chi connectivity index (χ3v) is 4.53. The molecule has 1 heterocycles. The van der Waals surface area contributed by atoms with Crippen LogP contribution in [-0.2, 0) is 14.3 Å². The van der Waals surface area contributed by atoms with Crippen molar-refractivity contribution < 1.29 is 14.3 Å². The molecule has 3 rings (SSSR count). The molecule has 4 nitrogen and oxygen atoms in total. The molecule has 0 radical (unpaired) electrons. The number of hydrogen-bond donors (Lipinski definition) is 0. The van der Waals surface area contributed by atoms with Gasteiger partial charge in [0.25, 0.3) is 0 Å². The summed E-state index contributed by atoms with van der Waals surface area (Å²) < 4.78 is 5.45. The van der Waals surface area contributed by atoms with Gasteiger partial charge >= 0.3 is 5.97 Å². The summed E-state index contributed by atoms with van der Waals surface area (Å²) in [7, 11) is 0. The number of rotatable bonds is 4. The van der Waals surface area contributed by atoms with E-state index in [0.717, 1.165) is 49.9 Å². The summed E-state index contributed by atoms with van der Waals surface area (Å²) in [6.07, 6.45) is 10.4. The first-order chi connectivity index (χ1) is 11.2. The van der Waals surface area contributed by atoms with E-state index < -0.39 is 0 Å². The monoisotopic (exact) mass is 313 g/mol. The maximum atomic E-state index is 11.8. The van der Waals surface area contributed by atoms with E-state index in [1.54, 1.807) is 6.08 Å². The maximum Gasteiger partial charge on any atom is 0.331 e. The Bertz CT molecular complexity index is 585. The van der Waals surface area contributed by atoms with E-state index in [4.69, 9.17) is 4.74 Å². The van der Waals surface area contributed by atoms with Crippen LogP contribution in [0.3, 0.4) is 0 Å². The highest BCUT2D eigenvalue weighted by atomic mass is 16.5. The van der Waals surface area contributed by atoms with Gasteiger partial charge in [0.2, 0.25) is 5.91 Å².